The molecule has 1 N–H and O–H groups in total. The molecule has 0 aliphatic carbocycles. The van der Waals surface area contributed by atoms with Crippen LogP contribution in [0, 0.1) is 5.82 Å². The summed E-state index contributed by atoms with van der Waals surface area (Å²) in [6.07, 6.45) is 0. The van der Waals surface area contributed by atoms with Crippen LogP contribution in [0.25, 0.3) is 0 Å². The van der Waals surface area contributed by atoms with Crippen LogP contribution < -0.4 is 5.32 Å². The molecule has 0 amide bonds. The molecule has 21 heavy (non-hydrogen) atoms. The van der Waals surface area contributed by atoms with Gasteiger partial charge in [-0.2, -0.15) is 0 Å². The summed E-state index contributed by atoms with van der Waals surface area (Å²) in [5, 5.41) is 3.31. The van der Waals surface area contributed by atoms with Crippen molar-refractivity contribution in [3.63, 3.8) is 0 Å². The predicted molar refractivity (Wildman–Crippen MR) is 80.7 cm³/mol. The Hall–Kier alpha value is -1.01. The van der Waals surface area contributed by atoms with Gasteiger partial charge in [-0.1, -0.05) is 19.9 Å². The second-order valence-corrected chi connectivity index (χ2v) is 5.12. The van der Waals surface area contributed by atoms with E-state index in [-0.39, 0.29) is 12.4 Å². The molecule has 0 radical (unpaired) electrons. The largest absolute Gasteiger partial charge is 0.382 e. The van der Waals surface area contributed by atoms with E-state index in [1.165, 1.54) is 6.07 Å². The number of methoxy groups -OCH3 is 1. The van der Waals surface area contributed by atoms with E-state index in [1.807, 2.05) is 6.07 Å². The van der Waals surface area contributed by atoms with E-state index in [2.05, 4.69) is 19.2 Å². The van der Waals surface area contributed by atoms with Crippen LogP contribution in [0.3, 0.4) is 0 Å². The van der Waals surface area contributed by atoms with Crippen LogP contribution in [0.4, 0.5) is 4.39 Å². The minimum Gasteiger partial charge on any atom is -0.382 e. The van der Waals surface area contributed by atoms with Crippen LogP contribution in [-0.4, -0.2) is 39.6 Å². The minimum atomic E-state index is -0.233. The van der Waals surface area contributed by atoms with Crippen molar-refractivity contribution in [2.75, 3.05) is 33.5 Å². The van der Waals surface area contributed by atoms with Gasteiger partial charge in [0.05, 0.1) is 33.0 Å². The normalized spacial score (nSPS) is 11.3. The lowest BCUT2D eigenvalue weighted by molar-refractivity contribution is 0.0193. The fraction of sp³-hybridized carbons (Fsp3) is 0.625. The Labute approximate surface area is 126 Å². The first-order valence-corrected chi connectivity index (χ1v) is 7.28. The van der Waals surface area contributed by atoms with Crippen molar-refractivity contribution in [3.05, 3.63) is 35.1 Å². The van der Waals surface area contributed by atoms with Gasteiger partial charge in [0.2, 0.25) is 0 Å². The molecule has 0 bridgehead atoms. The molecule has 0 aliphatic heterocycles. The summed E-state index contributed by atoms with van der Waals surface area (Å²) in [5.41, 5.74) is 1.63. The first kappa shape index (κ1) is 18.0. The van der Waals surface area contributed by atoms with Crippen LogP contribution in [-0.2, 0) is 27.4 Å². The Morgan fingerprint density at radius 2 is 1.81 bits per heavy atom. The number of halogens is 1. The highest BCUT2D eigenvalue weighted by molar-refractivity contribution is 5.24. The number of rotatable bonds is 11. The monoisotopic (exact) mass is 299 g/mol. The maximum atomic E-state index is 13.7. The standard InChI is InChI=1S/C16H26FNO3/c1-13(2)18-11-14-4-5-16(17)15(10-14)12-21-9-8-20-7-6-19-3/h4-5,10,13,18H,6-9,11-12H2,1-3H3. The molecule has 1 aromatic carbocycles. The summed E-state index contributed by atoms with van der Waals surface area (Å²) in [5.74, 6) is -0.233. The topological polar surface area (TPSA) is 39.7 Å². The molecule has 0 saturated carbocycles. The van der Waals surface area contributed by atoms with Crippen molar-refractivity contribution in [1.82, 2.24) is 5.32 Å². The Bertz CT molecular complexity index is 399. The SMILES string of the molecule is COCCOCCOCc1cc(CNC(C)C)ccc1F. The van der Waals surface area contributed by atoms with E-state index in [1.54, 1.807) is 13.2 Å². The van der Waals surface area contributed by atoms with E-state index in [0.29, 0.717) is 38.0 Å². The van der Waals surface area contributed by atoms with Gasteiger partial charge in [0.1, 0.15) is 5.82 Å². The van der Waals surface area contributed by atoms with Gasteiger partial charge >= 0.3 is 0 Å². The fourth-order valence-corrected chi connectivity index (χ4v) is 1.71. The maximum absolute atomic E-state index is 13.7. The van der Waals surface area contributed by atoms with Crippen LogP contribution in [0.1, 0.15) is 25.0 Å². The highest BCUT2D eigenvalue weighted by atomic mass is 19.1. The zero-order chi connectivity index (χ0) is 15.5. The van der Waals surface area contributed by atoms with Gasteiger partial charge in [-0.3, -0.25) is 0 Å². The number of nitrogens with one attached hydrogen (secondary N) is 1. The number of hydrogen-bond donors (Lipinski definition) is 1. The average molecular weight is 299 g/mol. The van der Waals surface area contributed by atoms with Crippen molar-refractivity contribution < 1.29 is 18.6 Å². The van der Waals surface area contributed by atoms with Crippen molar-refractivity contribution in [2.45, 2.75) is 33.0 Å². The molecule has 4 nitrogen and oxygen atoms in total. The highest BCUT2D eigenvalue weighted by Gasteiger charge is 2.04. The first-order valence-electron chi connectivity index (χ1n) is 7.28. The summed E-state index contributed by atoms with van der Waals surface area (Å²) >= 11 is 0. The smallest absolute Gasteiger partial charge is 0.128 e. The summed E-state index contributed by atoms with van der Waals surface area (Å²) in [6, 6.07) is 5.53. The van der Waals surface area contributed by atoms with Crippen LogP contribution in [0.5, 0.6) is 0 Å². The molecule has 0 aromatic heterocycles. The molecule has 0 spiro atoms. The summed E-state index contributed by atoms with van der Waals surface area (Å²) < 4.78 is 29.3. The van der Waals surface area contributed by atoms with Gasteiger partial charge in [0.25, 0.3) is 0 Å². The molecule has 120 valence electrons. The van der Waals surface area contributed by atoms with Gasteiger partial charge in [0.15, 0.2) is 0 Å². The molecule has 0 heterocycles. The van der Waals surface area contributed by atoms with Crippen molar-refractivity contribution >= 4 is 0 Å². The molecule has 5 heteroatoms. The maximum Gasteiger partial charge on any atom is 0.128 e. The molecular weight excluding hydrogens is 273 g/mol. The third-order valence-electron chi connectivity index (χ3n) is 2.89. The molecule has 0 saturated heterocycles. The third-order valence-corrected chi connectivity index (χ3v) is 2.89. The van der Waals surface area contributed by atoms with Crippen molar-refractivity contribution in [2.24, 2.45) is 0 Å². The van der Waals surface area contributed by atoms with Crippen LogP contribution in [0.15, 0.2) is 18.2 Å². The van der Waals surface area contributed by atoms with E-state index in [0.717, 1.165) is 12.1 Å². The molecule has 0 fully saturated rings. The number of hydrogen-bond acceptors (Lipinski definition) is 4. The predicted octanol–water partition coefficient (Wildman–Crippen LogP) is 2.50. The molecule has 0 unspecified atom stereocenters. The molecule has 0 atom stereocenters. The Morgan fingerprint density at radius 1 is 1.10 bits per heavy atom. The van der Waals surface area contributed by atoms with Gasteiger partial charge < -0.3 is 19.5 Å². The highest BCUT2D eigenvalue weighted by Crippen LogP contribution is 2.12. The van der Waals surface area contributed by atoms with E-state index in [4.69, 9.17) is 14.2 Å². The van der Waals surface area contributed by atoms with Crippen molar-refractivity contribution in [3.8, 4) is 0 Å². The molecule has 0 aliphatic rings. The zero-order valence-corrected chi connectivity index (χ0v) is 13.2. The summed E-state index contributed by atoms with van der Waals surface area (Å²) in [7, 11) is 1.63. The quantitative estimate of drug-likeness (QED) is 0.637. The third kappa shape index (κ3) is 8.12. The Kier molecular flexibility index (Phi) is 9.17. The van der Waals surface area contributed by atoms with Crippen LogP contribution in [0.2, 0.25) is 0 Å². The second-order valence-electron chi connectivity index (χ2n) is 5.12. The fourth-order valence-electron chi connectivity index (χ4n) is 1.71. The number of benzene rings is 1. The van der Waals surface area contributed by atoms with Gasteiger partial charge in [0, 0.05) is 25.3 Å². The van der Waals surface area contributed by atoms with Crippen molar-refractivity contribution in [1.29, 1.82) is 0 Å². The number of ether oxygens (including phenoxy) is 3. The van der Waals surface area contributed by atoms with Gasteiger partial charge in [-0.05, 0) is 17.7 Å². The Morgan fingerprint density at radius 3 is 2.52 bits per heavy atom. The van der Waals surface area contributed by atoms with Crippen LogP contribution >= 0.6 is 0 Å². The first-order chi connectivity index (χ1) is 10.1. The lowest BCUT2D eigenvalue weighted by Crippen LogP contribution is -2.21. The Balaban J connectivity index is 2.31. The summed E-state index contributed by atoms with van der Waals surface area (Å²) in [6.45, 7) is 7.19. The van der Waals surface area contributed by atoms with Gasteiger partial charge in [-0.15, -0.1) is 0 Å². The molecule has 1 aromatic rings. The zero-order valence-electron chi connectivity index (χ0n) is 13.2. The average Bonchev–Trinajstić information content (AvgIpc) is 2.46. The van der Waals surface area contributed by atoms with E-state index < -0.39 is 0 Å². The minimum absolute atomic E-state index is 0.233. The molecular formula is C16H26FNO3. The second kappa shape index (κ2) is 10.7. The van der Waals surface area contributed by atoms with E-state index >= 15 is 0 Å². The lowest BCUT2D eigenvalue weighted by Gasteiger charge is -2.11. The van der Waals surface area contributed by atoms with Gasteiger partial charge in [-0.25, -0.2) is 4.39 Å². The van der Waals surface area contributed by atoms with E-state index in [9.17, 15) is 4.39 Å². The lowest BCUT2D eigenvalue weighted by atomic mass is 10.1. The molecule has 1 rings (SSSR count). The summed E-state index contributed by atoms with van der Waals surface area (Å²) in [4.78, 5) is 0.